The molecule has 4 aromatic carbocycles. The van der Waals surface area contributed by atoms with Crippen molar-refractivity contribution in [2.45, 2.75) is 93.9 Å². The molecule has 7 aromatic rings. The van der Waals surface area contributed by atoms with Gasteiger partial charge in [-0.1, -0.05) is 125 Å². The number of benzene rings is 4. The molecule has 0 amide bonds. The van der Waals surface area contributed by atoms with Gasteiger partial charge in [-0.25, -0.2) is 9.97 Å². The maximum Gasteiger partial charge on any atom is 0.0737 e. The first-order chi connectivity index (χ1) is 29.4. The summed E-state index contributed by atoms with van der Waals surface area (Å²) in [4.78, 5) is 19.1. The van der Waals surface area contributed by atoms with Crippen LogP contribution in [0, 0.1) is 41.5 Å². The van der Waals surface area contributed by atoms with Gasteiger partial charge in [-0.15, -0.1) is 0 Å². The summed E-state index contributed by atoms with van der Waals surface area (Å²) in [5.74, 6) is 0. The highest BCUT2D eigenvalue weighted by Crippen LogP contribution is 2.42. The van der Waals surface area contributed by atoms with Crippen molar-refractivity contribution in [3.63, 3.8) is 0 Å². The summed E-state index contributed by atoms with van der Waals surface area (Å²) in [6, 6.07) is 36.1. The van der Waals surface area contributed by atoms with Crippen molar-refractivity contribution in [3.8, 4) is 44.5 Å². The molecule has 4 heteroatoms. The number of nitrogens with zero attached hydrogens (tertiary/aromatic N) is 2. The van der Waals surface area contributed by atoms with Crippen molar-refractivity contribution >= 4 is 46.4 Å². The lowest BCUT2D eigenvalue weighted by Gasteiger charge is -2.19. The molecule has 0 saturated carbocycles. The molecule has 2 aliphatic rings. The molecule has 0 atom stereocenters. The molecule has 2 N–H and O–H groups in total. The van der Waals surface area contributed by atoms with Crippen molar-refractivity contribution in [1.82, 2.24) is 19.9 Å². The predicted molar refractivity (Wildman–Crippen MR) is 266 cm³/mol. The molecule has 8 bridgehead atoms. The molecule has 4 nitrogen and oxygen atoms in total. The highest BCUT2D eigenvalue weighted by molar-refractivity contribution is 6.01. The zero-order valence-corrected chi connectivity index (χ0v) is 38.4. The monoisotopic (exact) mass is 810 g/mol. The molecule has 3 aromatic heterocycles. The molecule has 0 spiro atoms. The van der Waals surface area contributed by atoms with Crippen molar-refractivity contribution in [2.24, 2.45) is 0 Å². The number of nitrogens with one attached hydrogen (secondary N) is 2. The largest absolute Gasteiger partial charge is 0.354 e. The fraction of sp³-hybridized carbons (Fsp3) is 0.241. The number of hydrogen-bond donors (Lipinski definition) is 2. The van der Waals surface area contributed by atoms with Crippen LogP contribution in [0.1, 0.15) is 109 Å². The van der Waals surface area contributed by atoms with E-state index in [4.69, 9.17) is 9.97 Å². The van der Waals surface area contributed by atoms with E-state index in [0.29, 0.717) is 0 Å². The van der Waals surface area contributed by atoms with Crippen molar-refractivity contribution in [2.75, 3.05) is 0 Å². The zero-order valence-electron chi connectivity index (χ0n) is 38.4. The Labute approximate surface area is 367 Å². The van der Waals surface area contributed by atoms with E-state index in [1.54, 1.807) is 0 Å². The molecular formula is C58H58N4. The molecule has 0 saturated heterocycles. The first-order valence-electron chi connectivity index (χ1n) is 22.0. The Morgan fingerprint density at radius 3 is 0.903 bits per heavy atom. The maximum atomic E-state index is 5.59. The SMILES string of the molecule is Cc1cc(C)c(-c2c3nc(c(-c4ccc(C(C)(C)C)cc4)c4ccc([nH]4)c(-c4c(C)cc(C)cc4C)c4nc(c(-c5ccc(C(C)(C)C)cc5)c5ccc2[nH]5)C=C4)C=C3)c(C)c1. The second-order valence-electron chi connectivity index (χ2n) is 19.7. The third kappa shape index (κ3) is 7.36. The number of aromatic amines is 2. The van der Waals surface area contributed by atoms with E-state index in [1.165, 1.54) is 55.6 Å². The Hall–Kier alpha value is -6.52. The summed E-state index contributed by atoms with van der Waals surface area (Å²) < 4.78 is 0. The van der Waals surface area contributed by atoms with Crippen LogP contribution in [0.15, 0.2) is 97.1 Å². The van der Waals surface area contributed by atoms with Crippen LogP contribution in [0.4, 0.5) is 0 Å². The van der Waals surface area contributed by atoms with Gasteiger partial charge in [-0.05, 0) is 157 Å². The molecule has 310 valence electrons. The van der Waals surface area contributed by atoms with Gasteiger partial charge in [0.2, 0.25) is 0 Å². The number of rotatable bonds is 4. The van der Waals surface area contributed by atoms with Gasteiger partial charge >= 0.3 is 0 Å². The Morgan fingerprint density at radius 1 is 0.339 bits per heavy atom. The van der Waals surface area contributed by atoms with Gasteiger partial charge in [0.05, 0.1) is 22.8 Å². The van der Waals surface area contributed by atoms with Crippen molar-refractivity contribution in [3.05, 3.63) is 164 Å². The molecular weight excluding hydrogens is 753 g/mol. The minimum Gasteiger partial charge on any atom is -0.354 e. The maximum absolute atomic E-state index is 5.59. The summed E-state index contributed by atoms with van der Waals surface area (Å²) in [5.41, 5.74) is 26.6. The highest BCUT2D eigenvalue weighted by Gasteiger charge is 2.23. The van der Waals surface area contributed by atoms with Crippen LogP contribution in [-0.4, -0.2) is 19.9 Å². The first-order valence-corrected chi connectivity index (χ1v) is 22.0. The standard InChI is InChI=1S/C58H58N4/c1-33-29-35(3)51(36(4)30-33)55-47-25-21-43(59-47)53(39-13-17-41(18-14-39)57(7,8)9)45-23-27-49(61-45)56(52-37(5)31-34(2)32-38(52)6)50-28-24-46(62-50)54(44-22-26-48(55)60-44)40-15-19-42(20-16-40)58(10,11)12/h13-32,59,62H,1-12H3. The lowest BCUT2D eigenvalue weighted by molar-refractivity contribution is 0.590. The third-order valence-electron chi connectivity index (χ3n) is 12.7. The van der Waals surface area contributed by atoms with E-state index in [0.717, 1.165) is 78.2 Å². The fourth-order valence-electron chi connectivity index (χ4n) is 9.76. The highest BCUT2D eigenvalue weighted by atomic mass is 14.8. The van der Waals surface area contributed by atoms with E-state index >= 15 is 0 Å². The predicted octanol–water partition coefficient (Wildman–Crippen LogP) is 15.8. The van der Waals surface area contributed by atoms with E-state index in [9.17, 15) is 0 Å². The Balaban J connectivity index is 1.47. The summed E-state index contributed by atoms with van der Waals surface area (Å²) in [6.45, 7) is 26.8. The lowest BCUT2D eigenvalue weighted by Crippen LogP contribution is -2.10. The Morgan fingerprint density at radius 2 is 0.613 bits per heavy atom. The molecule has 2 aliphatic heterocycles. The smallest absolute Gasteiger partial charge is 0.0737 e. The van der Waals surface area contributed by atoms with Gasteiger partial charge in [0.1, 0.15) is 0 Å². The van der Waals surface area contributed by atoms with E-state index in [-0.39, 0.29) is 10.8 Å². The van der Waals surface area contributed by atoms with E-state index < -0.39 is 0 Å². The normalized spacial score (nSPS) is 12.7. The van der Waals surface area contributed by atoms with Crippen LogP contribution >= 0.6 is 0 Å². The Bertz CT molecular complexity index is 2900. The fourth-order valence-corrected chi connectivity index (χ4v) is 9.76. The number of hydrogen-bond acceptors (Lipinski definition) is 2. The minimum atomic E-state index is 0.0315. The van der Waals surface area contributed by atoms with Crippen molar-refractivity contribution in [1.29, 1.82) is 0 Å². The first kappa shape index (κ1) is 40.9. The molecule has 0 aliphatic carbocycles. The molecule has 0 radical (unpaired) electrons. The molecule has 62 heavy (non-hydrogen) atoms. The minimum absolute atomic E-state index is 0.0315. The topological polar surface area (TPSA) is 57.4 Å². The molecule has 5 heterocycles. The van der Waals surface area contributed by atoms with Gasteiger partial charge < -0.3 is 9.97 Å². The van der Waals surface area contributed by atoms with E-state index in [1.807, 2.05) is 0 Å². The van der Waals surface area contributed by atoms with Crippen molar-refractivity contribution < 1.29 is 0 Å². The Kier molecular flexibility index (Phi) is 9.97. The van der Waals surface area contributed by atoms with Crippen LogP contribution in [0.3, 0.4) is 0 Å². The average Bonchev–Trinajstić information content (AvgIpc) is 4.04. The summed E-state index contributed by atoms with van der Waals surface area (Å²) >= 11 is 0. The number of aromatic nitrogens is 4. The molecule has 0 fully saturated rings. The number of fused-ring (bicyclic) bond motifs is 8. The van der Waals surface area contributed by atoms with E-state index in [2.05, 4.69) is 214 Å². The van der Waals surface area contributed by atoms with Gasteiger partial charge in [0, 0.05) is 44.3 Å². The number of H-pyrrole nitrogens is 2. The molecule has 9 rings (SSSR count). The third-order valence-corrected chi connectivity index (χ3v) is 12.7. The van der Waals surface area contributed by atoms with Crippen LogP contribution < -0.4 is 0 Å². The quantitative estimate of drug-likeness (QED) is 0.186. The summed E-state index contributed by atoms with van der Waals surface area (Å²) in [7, 11) is 0. The summed E-state index contributed by atoms with van der Waals surface area (Å²) in [6.07, 6.45) is 8.79. The van der Waals surface area contributed by atoms with Crippen LogP contribution in [0.2, 0.25) is 0 Å². The number of aryl methyl sites for hydroxylation is 6. The average molecular weight is 811 g/mol. The van der Waals surface area contributed by atoms with Crippen LogP contribution in [0.25, 0.3) is 90.9 Å². The van der Waals surface area contributed by atoms with Crippen LogP contribution in [-0.2, 0) is 10.8 Å². The van der Waals surface area contributed by atoms with Gasteiger partial charge in [-0.3, -0.25) is 0 Å². The van der Waals surface area contributed by atoms with Gasteiger partial charge in [0.15, 0.2) is 0 Å². The van der Waals surface area contributed by atoms with Gasteiger partial charge in [0.25, 0.3) is 0 Å². The molecule has 0 unspecified atom stereocenters. The second kappa shape index (κ2) is 15.1. The summed E-state index contributed by atoms with van der Waals surface area (Å²) in [5, 5.41) is 0. The zero-order chi connectivity index (χ0) is 43.8. The second-order valence-corrected chi connectivity index (χ2v) is 19.7. The van der Waals surface area contributed by atoms with Crippen LogP contribution in [0.5, 0.6) is 0 Å². The lowest BCUT2D eigenvalue weighted by atomic mass is 9.86. The van der Waals surface area contributed by atoms with Gasteiger partial charge in [-0.2, -0.15) is 0 Å².